The third-order valence-corrected chi connectivity index (χ3v) is 4.11. The quantitative estimate of drug-likeness (QED) is 0.710. The van der Waals surface area contributed by atoms with Crippen molar-refractivity contribution in [3.05, 3.63) is 28.5 Å². The Kier molecular flexibility index (Phi) is 5.01. The van der Waals surface area contributed by atoms with Crippen LogP contribution in [0.2, 0.25) is 0 Å². The number of halogens is 2. The molecular formula is C16H23BrClN3. The molecule has 0 spiro atoms. The number of rotatable bonds is 5. The summed E-state index contributed by atoms with van der Waals surface area (Å²) in [5.74, 6) is 0.941. The largest absolute Gasteiger partial charge is 0.326 e. The first-order chi connectivity index (χ1) is 9.69. The number of hydrogen-bond donors (Lipinski definition) is 0. The lowest BCUT2D eigenvalue weighted by atomic mass is 9.92. The fourth-order valence-electron chi connectivity index (χ4n) is 2.93. The predicted molar refractivity (Wildman–Crippen MR) is 94.0 cm³/mol. The lowest BCUT2D eigenvalue weighted by Crippen LogP contribution is -2.32. The molecule has 3 nitrogen and oxygen atoms in total. The SMILES string of the molecule is CC(Cl)c1nc2cc(Br)ccc2n1CC(C)(C)CN(C)C. The summed E-state index contributed by atoms with van der Waals surface area (Å²) >= 11 is 9.86. The van der Waals surface area contributed by atoms with E-state index in [1.807, 2.05) is 13.0 Å². The third-order valence-electron chi connectivity index (χ3n) is 3.43. The molecule has 1 aromatic heterocycles. The van der Waals surface area contributed by atoms with Gasteiger partial charge in [0.15, 0.2) is 0 Å². The molecule has 2 rings (SSSR count). The van der Waals surface area contributed by atoms with E-state index in [1.54, 1.807) is 0 Å². The maximum absolute atomic E-state index is 6.35. The van der Waals surface area contributed by atoms with Gasteiger partial charge in [-0.3, -0.25) is 0 Å². The molecule has 1 aromatic carbocycles. The topological polar surface area (TPSA) is 21.1 Å². The van der Waals surface area contributed by atoms with Crippen molar-refractivity contribution in [1.29, 1.82) is 0 Å². The van der Waals surface area contributed by atoms with E-state index >= 15 is 0 Å². The van der Waals surface area contributed by atoms with E-state index in [9.17, 15) is 0 Å². The number of fused-ring (bicyclic) bond motifs is 1. The molecule has 116 valence electrons. The van der Waals surface area contributed by atoms with Crippen LogP contribution in [0.5, 0.6) is 0 Å². The van der Waals surface area contributed by atoms with E-state index in [-0.39, 0.29) is 10.8 Å². The van der Waals surface area contributed by atoms with Gasteiger partial charge in [-0.1, -0.05) is 29.8 Å². The van der Waals surface area contributed by atoms with Gasteiger partial charge in [-0.25, -0.2) is 4.98 Å². The summed E-state index contributed by atoms with van der Waals surface area (Å²) in [5.41, 5.74) is 2.28. The van der Waals surface area contributed by atoms with Crippen molar-refractivity contribution in [3.8, 4) is 0 Å². The standard InChI is InChI=1S/C16H23BrClN3/c1-11(18)15-19-13-8-12(17)6-7-14(13)21(15)10-16(2,3)9-20(4)5/h6-8,11H,9-10H2,1-5H3. The first-order valence-electron chi connectivity index (χ1n) is 7.14. The molecule has 0 N–H and O–H groups in total. The molecule has 1 heterocycles. The highest BCUT2D eigenvalue weighted by atomic mass is 79.9. The summed E-state index contributed by atoms with van der Waals surface area (Å²) < 4.78 is 3.31. The van der Waals surface area contributed by atoms with E-state index in [4.69, 9.17) is 16.6 Å². The average Bonchev–Trinajstić information content (AvgIpc) is 2.64. The number of imidazole rings is 1. The smallest absolute Gasteiger partial charge is 0.127 e. The molecule has 5 heteroatoms. The van der Waals surface area contributed by atoms with Crippen LogP contribution in [0.25, 0.3) is 11.0 Å². The summed E-state index contributed by atoms with van der Waals surface area (Å²) in [4.78, 5) is 6.95. The fourth-order valence-corrected chi connectivity index (χ4v) is 3.44. The van der Waals surface area contributed by atoms with Crippen LogP contribution in [0.3, 0.4) is 0 Å². The zero-order chi connectivity index (χ0) is 15.8. The Morgan fingerprint density at radius 3 is 2.62 bits per heavy atom. The van der Waals surface area contributed by atoms with Crippen molar-refractivity contribution in [2.24, 2.45) is 5.41 Å². The van der Waals surface area contributed by atoms with Crippen LogP contribution in [0.4, 0.5) is 0 Å². The van der Waals surface area contributed by atoms with E-state index < -0.39 is 0 Å². The summed E-state index contributed by atoms with van der Waals surface area (Å²) in [6, 6.07) is 6.22. The van der Waals surface area contributed by atoms with Crippen LogP contribution in [-0.4, -0.2) is 35.1 Å². The van der Waals surface area contributed by atoms with E-state index in [0.29, 0.717) is 0 Å². The number of aromatic nitrogens is 2. The molecule has 0 bridgehead atoms. The highest BCUT2D eigenvalue weighted by Gasteiger charge is 2.24. The molecule has 0 aliphatic carbocycles. The Balaban J connectivity index is 2.48. The number of alkyl halides is 1. The normalized spacial score (nSPS) is 14.1. The second kappa shape index (κ2) is 6.27. The lowest BCUT2D eigenvalue weighted by molar-refractivity contribution is 0.211. The molecule has 0 amide bonds. The minimum absolute atomic E-state index is 0.105. The Morgan fingerprint density at radius 2 is 2.05 bits per heavy atom. The Hall–Kier alpha value is -0.580. The van der Waals surface area contributed by atoms with Gasteiger partial charge in [0.25, 0.3) is 0 Å². The molecule has 21 heavy (non-hydrogen) atoms. The summed E-state index contributed by atoms with van der Waals surface area (Å²) in [6.07, 6.45) is 0. The molecule has 1 atom stereocenters. The maximum atomic E-state index is 6.35. The molecular weight excluding hydrogens is 350 g/mol. The zero-order valence-electron chi connectivity index (χ0n) is 13.3. The van der Waals surface area contributed by atoms with E-state index in [1.165, 1.54) is 0 Å². The van der Waals surface area contributed by atoms with Gasteiger partial charge in [-0.2, -0.15) is 0 Å². The van der Waals surface area contributed by atoms with Crippen LogP contribution in [0, 0.1) is 5.41 Å². The first kappa shape index (κ1) is 16.8. The highest BCUT2D eigenvalue weighted by Crippen LogP contribution is 2.30. The molecule has 0 saturated carbocycles. The summed E-state index contributed by atoms with van der Waals surface area (Å²) in [5, 5.41) is -0.105. The molecule has 0 aliphatic heterocycles. The van der Waals surface area contributed by atoms with Crippen molar-refractivity contribution in [1.82, 2.24) is 14.5 Å². The maximum Gasteiger partial charge on any atom is 0.127 e. The van der Waals surface area contributed by atoms with E-state index in [2.05, 4.69) is 65.5 Å². The summed E-state index contributed by atoms with van der Waals surface area (Å²) in [6.45, 7) is 8.45. The van der Waals surface area contributed by atoms with Gasteiger partial charge < -0.3 is 9.47 Å². The monoisotopic (exact) mass is 371 g/mol. The number of nitrogens with zero attached hydrogens (tertiary/aromatic N) is 3. The van der Waals surface area contributed by atoms with Crippen molar-refractivity contribution in [2.45, 2.75) is 32.7 Å². The van der Waals surface area contributed by atoms with Gasteiger partial charge in [0, 0.05) is 17.6 Å². The fraction of sp³-hybridized carbons (Fsp3) is 0.562. The zero-order valence-corrected chi connectivity index (χ0v) is 15.7. The van der Waals surface area contributed by atoms with Gasteiger partial charge in [0.05, 0.1) is 16.4 Å². The third kappa shape index (κ3) is 3.99. The Morgan fingerprint density at radius 1 is 1.38 bits per heavy atom. The molecule has 0 saturated heterocycles. The van der Waals surface area contributed by atoms with Gasteiger partial charge in [0.1, 0.15) is 5.82 Å². The lowest BCUT2D eigenvalue weighted by Gasteiger charge is -2.29. The minimum atomic E-state index is -0.105. The van der Waals surface area contributed by atoms with Crippen LogP contribution in [0.15, 0.2) is 22.7 Å². The van der Waals surface area contributed by atoms with Crippen molar-refractivity contribution < 1.29 is 0 Å². The molecule has 2 aromatic rings. The molecule has 0 radical (unpaired) electrons. The number of benzene rings is 1. The minimum Gasteiger partial charge on any atom is -0.326 e. The second-order valence-corrected chi connectivity index (χ2v) is 8.28. The van der Waals surface area contributed by atoms with Crippen molar-refractivity contribution >= 4 is 38.6 Å². The van der Waals surface area contributed by atoms with E-state index in [0.717, 1.165) is 34.4 Å². The van der Waals surface area contributed by atoms with Crippen LogP contribution in [0.1, 0.15) is 32.0 Å². The highest BCUT2D eigenvalue weighted by molar-refractivity contribution is 9.10. The van der Waals surface area contributed by atoms with Crippen LogP contribution >= 0.6 is 27.5 Å². The van der Waals surface area contributed by atoms with Crippen molar-refractivity contribution in [2.75, 3.05) is 20.6 Å². The van der Waals surface area contributed by atoms with Gasteiger partial charge in [0.2, 0.25) is 0 Å². The van der Waals surface area contributed by atoms with Crippen LogP contribution < -0.4 is 0 Å². The first-order valence-corrected chi connectivity index (χ1v) is 8.37. The molecule has 1 unspecified atom stereocenters. The van der Waals surface area contributed by atoms with Crippen molar-refractivity contribution in [3.63, 3.8) is 0 Å². The van der Waals surface area contributed by atoms with Gasteiger partial charge in [-0.15, -0.1) is 11.6 Å². The van der Waals surface area contributed by atoms with Crippen LogP contribution in [-0.2, 0) is 6.54 Å². The Bertz CT molecular complexity index is 632. The predicted octanol–water partition coefficient (Wildman–Crippen LogP) is 4.69. The summed E-state index contributed by atoms with van der Waals surface area (Å²) in [7, 11) is 4.21. The number of hydrogen-bond acceptors (Lipinski definition) is 2. The average molecular weight is 373 g/mol. The van der Waals surface area contributed by atoms with Gasteiger partial charge in [-0.05, 0) is 44.6 Å². The Labute approximate surface area is 140 Å². The second-order valence-electron chi connectivity index (χ2n) is 6.71. The molecule has 0 fully saturated rings. The molecule has 0 aliphatic rings. The van der Waals surface area contributed by atoms with Gasteiger partial charge >= 0.3 is 0 Å².